The molecule has 0 rings (SSSR count). The van der Waals surface area contributed by atoms with Gasteiger partial charge in [0.25, 0.3) is 0 Å². The lowest BCUT2D eigenvalue weighted by Gasteiger charge is -2.10. The summed E-state index contributed by atoms with van der Waals surface area (Å²) in [7, 11) is 0. The molecule has 1 nitrogen and oxygen atoms in total. The van der Waals surface area contributed by atoms with Crippen LogP contribution in [0.4, 0.5) is 0 Å². The van der Waals surface area contributed by atoms with E-state index in [0.29, 0.717) is 0 Å². The summed E-state index contributed by atoms with van der Waals surface area (Å²) in [5.74, 6) is 0. The van der Waals surface area contributed by atoms with Gasteiger partial charge in [0.15, 0.2) is 0 Å². The van der Waals surface area contributed by atoms with E-state index in [1.165, 1.54) is 0 Å². The van der Waals surface area contributed by atoms with Crippen molar-refractivity contribution in [3.8, 4) is 0 Å². The van der Waals surface area contributed by atoms with Gasteiger partial charge in [-0.05, 0) is 20.8 Å². The van der Waals surface area contributed by atoms with Crippen molar-refractivity contribution in [3.05, 3.63) is 0 Å². The molecule has 0 amide bonds. The second-order valence-electron chi connectivity index (χ2n) is 2.19. The van der Waals surface area contributed by atoms with Gasteiger partial charge < -0.3 is 0 Å². The summed E-state index contributed by atoms with van der Waals surface area (Å²) < 4.78 is 4.41. The van der Waals surface area contributed by atoms with Crippen LogP contribution in [-0.4, -0.2) is 5.60 Å². The summed E-state index contributed by atoms with van der Waals surface area (Å²) in [5.41, 5.74) is -0.193. The van der Waals surface area contributed by atoms with Gasteiger partial charge in [0.05, 0.1) is 17.5 Å². The maximum atomic E-state index is 4.98. The molecule has 0 aromatic carbocycles. The molecule has 0 saturated heterocycles. The number of halogens is 2. The van der Waals surface area contributed by atoms with Crippen molar-refractivity contribution in [2.45, 2.75) is 26.4 Å². The Labute approximate surface area is 66.6 Å². The Morgan fingerprint density at radius 2 is 1.43 bits per heavy atom. The van der Waals surface area contributed by atoms with Crippen molar-refractivity contribution in [1.82, 2.24) is 0 Å². The molecule has 0 aromatic heterocycles. The smallest absolute Gasteiger partial charge is 0.0813 e. The number of hydrogen-bond acceptors (Lipinski definition) is 1. The molecule has 0 atom stereocenters. The third-order valence-corrected chi connectivity index (χ3v) is 0.694. The molecule has 7 heavy (non-hydrogen) atoms. The highest BCUT2D eigenvalue weighted by Crippen LogP contribution is 2.07. The van der Waals surface area contributed by atoms with E-state index >= 15 is 0 Å². The van der Waals surface area contributed by atoms with Crippen molar-refractivity contribution in [2.75, 3.05) is 0 Å². The van der Waals surface area contributed by atoms with Gasteiger partial charge >= 0.3 is 0 Å². The molecule has 0 aliphatic heterocycles. The molecule has 0 unspecified atom stereocenters. The predicted molar refractivity (Wildman–Crippen MR) is 42.1 cm³/mol. The molecule has 0 aliphatic rings. The second kappa shape index (κ2) is 3.92. The Morgan fingerprint density at radius 3 is 1.43 bits per heavy atom. The summed E-state index contributed by atoms with van der Waals surface area (Å²) in [4.78, 5) is 0. The summed E-state index contributed by atoms with van der Waals surface area (Å²) in [5, 5.41) is 0. The SMILES string of the molecule is CC(C)(C)OCl.I. The van der Waals surface area contributed by atoms with Crippen molar-refractivity contribution in [2.24, 2.45) is 0 Å². The van der Waals surface area contributed by atoms with E-state index in [1.807, 2.05) is 20.8 Å². The van der Waals surface area contributed by atoms with Crippen LogP contribution < -0.4 is 0 Å². The highest BCUT2D eigenvalue weighted by Gasteiger charge is 2.06. The summed E-state index contributed by atoms with van der Waals surface area (Å²) in [6.45, 7) is 5.67. The van der Waals surface area contributed by atoms with Gasteiger partial charge in [-0.15, -0.1) is 24.0 Å². The topological polar surface area (TPSA) is 9.23 Å². The van der Waals surface area contributed by atoms with Gasteiger partial charge in [0, 0.05) is 0 Å². The standard InChI is InChI=1S/C4H9ClO.HI/c1-4(2,3)6-5;/h1-3H3;1H. The van der Waals surface area contributed by atoms with Gasteiger partial charge in [0.1, 0.15) is 0 Å². The first-order valence-electron chi connectivity index (χ1n) is 1.86. The molecule has 0 aromatic rings. The maximum absolute atomic E-state index is 4.98. The average molecular weight is 236 g/mol. The Morgan fingerprint density at radius 1 is 1.29 bits per heavy atom. The minimum Gasteiger partial charge on any atom is -0.273 e. The lowest BCUT2D eigenvalue weighted by molar-refractivity contribution is 0.148. The number of hydrogen-bond donors (Lipinski definition) is 0. The molecular weight excluding hydrogens is 226 g/mol. The summed E-state index contributed by atoms with van der Waals surface area (Å²) in [6.07, 6.45) is 0. The van der Waals surface area contributed by atoms with Crippen LogP contribution in [0.2, 0.25) is 0 Å². The maximum Gasteiger partial charge on any atom is 0.0813 e. The van der Waals surface area contributed by atoms with E-state index in [0.717, 1.165) is 0 Å². The van der Waals surface area contributed by atoms with Gasteiger partial charge in [-0.3, -0.25) is 4.29 Å². The minimum atomic E-state index is -0.193. The molecule has 46 valence electrons. The van der Waals surface area contributed by atoms with E-state index in [9.17, 15) is 0 Å². The Bertz CT molecular complexity index is 41.4. The van der Waals surface area contributed by atoms with Gasteiger partial charge in [-0.25, -0.2) is 0 Å². The van der Waals surface area contributed by atoms with Gasteiger partial charge in [-0.1, -0.05) is 0 Å². The van der Waals surface area contributed by atoms with Crippen molar-refractivity contribution in [3.63, 3.8) is 0 Å². The number of rotatable bonds is 0. The van der Waals surface area contributed by atoms with Crippen LogP contribution >= 0.6 is 35.8 Å². The van der Waals surface area contributed by atoms with Gasteiger partial charge in [0.2, 0.25) is 0 Å². The third-order valence-electron chi connectivity index (χ3n) is 0.231. The lowest BCUT2D eigenvalue weighted by atomic mass is 10.2. The first-order chi connectivity index (χ1) is 2.56. The molecule has 0 N–H and O–H groups in total. The largest absolute Gasteiger partial charge is 0.273 e. The molecule has 0 aliphatic carbocycles. The zero-order chi connectivity index (χ0) is 5.21. The van der Waals surface area contributed by atoms with E-state index in [1.54, 1.807) is 0 Å². The van der Waals surface area contributed by atoms with Crippen LogP contribution in [0.1, 0.15) is 20.8 Å². The van der Waals surface area contributed by atoms with E-state index in [-0.39, 0.29) is 29.6 Å². The molecule has 0 fully saturated rings. The average Bonchev–Trinajstić information content (AvgIpc) is 1.35. The highest BCUT2D eigenvalue weighted by molar-refractivity contribution is 14.0. The summed E-state index contributed by atoms with van der Waals surface area (Å²) in [6, 6.07) is 0. The third kappa shape index (κ3) is 10.9. The monoisotopic (exact) mass is 236 g/mol. The van der Waals surface area contributed by atoms with Crippen LogP contribution in [0.5, 0.6) is 0 Å². The van der Waals surface area contributed by atoms with Crippen LogP contribution in [0, 0.1) is 0 Å². The summed E-state index contributed by atoms with van der Waals surface area (Å²) >= 11 is 4.98. The van der Waals surface area contributed by atoms with E-state index < -0.39 is 0 Å². The first kappa shape index (κ1) is 10.9. The first-order valence-corrected chi connectivity index (χ1v) is 2.17. The molecule has 0 bridgehead atoms. The minimum absolute atomic E-state index is 0. The van der Waals surface area contributed by atoms with E-state index in [2.05, 4.69) is 4.29 Å². The second-order valence-corrected chi connectivity index (χ2v) is 2.34. The normalized spacial score (nSPS) is 10.3. The van der Waals surface area contributed by atoms with Crippen molar-refractivity contribution in [1.29, 1.82) is 0 Å². The predicted octanol–water partition coefficient (Wildman–Crippen LogP) is 2.57. The molecule has 0 spiro atoms. The van der Waals surface area contributed by atoms with Crippen LogP contribution in [0.15, 0.2) is 0 Å². The molecule has 0 saturated carbocycles. The van der Waals surface area contributed by atoms with Crippen LogP contribution in [0.25, 0.3) is 0 Å². The fraction of sp³-hybridized carbons (Fsp3) is 1.00. The molecular formula is C4H10ClIO. The molecule has 0 radical (unpaired) electrons. The Kier molecular flexibility index (Phi) is 6.09. The fourth-order valence-electron chi connectivity index (χ4n) is 0. The lowest BCUT2D eigenvalue weighted by Crippen LogP contribution is -2.12. The highest BCUT2D eigenvalue weighted by atomic mass is 127. The Hall–Kier alpha value is 0.980. The van der Waals surface area contributed by atoms with E-state index in [4.69, 9.17) is 11.9 Å². The molecule has 3 heteroatoms. The zero-order valence-corrected chi connectivity index (χ0v) is 7.78. The fourth-order valence-corrected chi connectivity index (χ4v) is 0. The van der Waals surface area contributed by atoms with Crippen molar-refractivity contribution < 1.29 is 4.29 Å². The molecule has 0 heterocycles. The van der Waals surface area contributed by atoms with Gasteiger partial charge in [-0.2, -0.15) is 0 Å². The van der Waals surface area contributed by atoms with Crippen LogP contribution in [0.3, 0.4) is 0 Å². The van der Waals surface area contributed by atoms with Crippen molar-refractivity contribution >= 4 is 35.8 Å². The Balaban J connectivity index is 0. The zero-order valence-electron chi connectivity index (χ0n) is 4.69. The quantitative estimate of drug-likeness (QED) is 0.588. The van der Waals surface area contributed by atoms with Crippen LogP contribution in [-0.2, 0) is 4.29 Å².